The molecule has 5 nitrogen and oxygen atoms in total. The Morgan fingerprint density at radius 2 is 1.83 bits per heavy atom. The summed E-state index contributed by atoms with van der Waals surface area (Å²) in [6.07, 6.45) is -1.55. The topological polar surface area (TPSA) is 51.4 Å². The summed E-state index contributed by atoms with van der Waals surface area (Å²) < 4.78 is 59.8. The van der Waals surface area contributed by atoms with E-state index in [1.54, 1.807) is 25.3 Å². The first-order chi connectivity index (χ1) is 14.2. The Hall–Kier alpha value is -3.62. The molecule has 0 radical (unpaired) electrons. The van der Waals surface area contributed by atoms with Gasteiger partial charge in [-0.05, 0) is 55.0 Å². The molecule has 0 fully saturated rings. The zero-order chi connectivity index (χ0) is 21.9. The van der Waals surface area contributed by atoms with E-state index >= 15 is 0 Å². The molecule has 0 unspecified atom stereocenters. The molecule has 1 amide bonds. The lowest BCUT2D eigenvalue weighted by molar-refractivity contribution is -0.885. The molecule has 156 valence electrons. The van der Waals surface area contributed by atoms with Gasteiger partial charge in [0.25, 0.3) is 5.91 Å². The van der Waals surface area contributed by atoms with E-state index in [4.69, 9.17) is 9.57 Å². The third-order valence-electron chi connectivity index (χ3n) is 4.15. The fourth-order valence-electron chi connectivity index (χ4n) is 2.66. The number of nitrogens with one attached hydrogen (secondary N) is 1. The molecule has 0 spiro atoms. The van der Waals surface area contributed by atoms with Gasteiger partial charge in [-0.2, -0.15) is 13.2 Å². The highest BCUT2D eigenvalue weighted by Gasteiger charge is 2.32. The van der Waals surface area contributed by atoms with Crippen LogP contribution < -0.4 is 19.6 Å². The molecular formula is C21H17F4N2O3+. The van der Waals surface area contributed by atoms with Crippen LogP contribution in [0.5, 0.6) is 11.5 Å². The number of alkyl halides is 3. The van der Waals surface area contributed by atoms with Crippen LogP contribution in [0.1, 0.15) is 21.5 Å². The molecule has 0 bridgehead atoms. The lowest BCUT2D eigenvalue weighted by Gasteiger charge is -2.15. The minimum atomic E-state index is -4.63. The van der Waals surface area contributed by atoms with Gasteiger partial charge in [-0.25, -0.2) is 4.39 Å². The summed E-state index contributed by atoms with van der Waals surface area (Å²) in [6, 6.07) is 9.33. The van der Waals surface area contributed by atoms with Crippen molar-refractivity contribution in [1.29, 1.82) is 0 Å². The Labute approximate surface area is 169 Å². The van der Waals surface area contributed by atoms with E-state index in [1.807, 2.05) is 0 Å². The molecule has 0 atom stereocenters. The molecule has 0 saturated heterocycles. The van der Waals surface area contributed by atoms with Crippen LogP contribution in [0.4, 0.5) is 23.2 Å². The number of aryl methyl sites for hydroxylation is 1. The van der Waals surface area contributed by atoms with Gasteiger partial charge < -0.3 is 10.1 Å². The first-order valence-corrected chi connectivity index (χ1v) is 8.70. The summed E-state index contributed by atoms with van der Waals surface area (Å²) in [7, 11) is 1.43. The van der Waals surface area contributed by atoms with Crippen molar-refractivity contribution in [2.75, 3.05) is 12.4 Å². The van der Waals surface area contributed by atoms with Gasteiger partial charge in [-0.15, -0.1) is 0 Å². The highest BCUT2D eigenvalue weighted by molar-refractivity contribution is 6.06. The molecule has 9 heteroatoms. The van der Waals surface area contributed by atoms with Gasteiger partial charge in [0.05, 0.1) is 11.1 Å². The molecule has 0 aliphatic carbocycles. The molecule has 3 rings (SSSR count). The summed E-state index contributed by atoms with van der Waals surface area (Å²) in [4.78, 5) is 17.7. The molecule has 30 heavy (non-hydrogen) atoms. The molecule has 2 aromatic carbocycles. The second-order valence-electron chi connectivity index (χ2n) is 6.31. The van der Waals surface area contributed by atoms with Gasteiger partial charge in [0.2, 0.25) is 12.4 Å². The van der Waals surface area contributed by atoms with E-state index in [0.717, 1.165) is 24.3 Å². The fourth-order valence-corrected chi connectivity index (χ4v) is 2.66. The molecule has 0 aliphatic heterocycles. The van der Waals surface area contributed by atoms with Crippen molar-refractivity contribution < 1.29 is 36.7 Å². The van der Waals surface area contributed by atoms with Gasteiger partial charge in [-0.3, -0.25) is 9.63 Å². The molecular weight excluding hydrogens is 404 g/mol. The molecule has 3 aromatic rings. The van der Waals surface area contributed by atoms with Crippen LogP contribution >= 0.6 is 0 Å². The molecule has 1 heterocycles. The quantitative estimate of drug-likeness (QED) is 0.486. The predicted octanol–water partition coefficient (Wildman–Crippen LogP) is 4.54. The van der Waals surface area contributed by atoms with E-state index in [2.05, 4.69) is 5.32 Å². The van der Waals surface area contributed by atoms with Crippen LogP contribution in [0, 0.1) is 12.7 Å². The smallest absolute Gasteiger partial charge is 0.416 e. The maximum Gasteiger partial charge on any atom is 0.416 e. The third kappa shape index (κ3) is 4.86. The second kappa shape index (κ2) is 8.40. The first kappa shape index (κ1) is 21.1. The van der Waals surface area contributed by atoms with Gasteiger partial charge in [-0.1, -0.05) is 0 Å². The lowest BCUT2D eigenvalue weighted by atomic mass is 10.1. The number of carbonyl (C=O) groups excluding carboxylic acids is 1. The van der Waals surface area contributed by atoms with E-state index in [0.29, 0.717) is 11.3 Å². The van der Waals surface area contributed by atoms with Crippen molar-refractivity contribution >= 4 is 11.6 Å². The van der Waals surface area contributed by atoms with Crippen molar-refractivity contribution in [2.24, 2.45) is 0 Å². The Morgan fingerprint density at radius 3 is 2.50 bits per heavy atom. The Balaban J connectivity index is 1.98. The van der Waals surface area contributed by atoms with Crippen LogP contribution in [-0.4, -0.2) is 13.0 Å². The maximum absolute atomic E-state index is 13.3. The third-order valence-corrected chi connectivity index (χ3v) is 4.15. The number of aromatic nitrogens is 1. The minimum absolute atomic E-state index is 0.125. The number of amides is 1. The number of benzene rings is 2. The Kier molecular flexibility index (Phi) is 5.91. The number of carbonyl (C=O) groups is 1. The van der Waals surface area contributed by atoms with Crippen molar-refractivity contribution in [1.82, 2.24) is 0 Å². The van der Waals surface area contributed by atoms with Crippen LogP contribution in [0.25, 0.3) is 0 Å². The predicted molar refractivity (Wildman–Crippen MR) is 99.7 cm³/mol. The first-order valence-electron chi connectivity index (χ1n) is 8.70. The van der Waals surface area contributed by atoms with Crippen molar-refractivity contribution in [2.45, 2.75) is 13.1 Å². The summed E-state index contributed by atoms with van der Waals surface area (Å²) in [5.74, 6) is -1.39. The number of hydrogen-bond donors (Lipinski definition) is 1. The molecule has 1 aromatic heterocycles. The number of ether oxygens (including phenoxy) is 1. The van der Waals surface area contributed by atoms with E-state index in [-0.39, 0.29) is 17.1 Å². The van der Waals surface area contributed by atoms with Crippen molar-refractivity contribution in [3.05, 3.63) is 83.4 Å². The van der Waals surface area contributed by atoms with E-state index < -0.39 is 23.5 Å². The summed E-state index contributed by atoms with van der Waals surface area (Å²) in [6.45, 7) is 1.54. The molecule has 0 saturated carbocycles. The maximum atomic E-state index is 13.3. The van der Waals surface area contributed by atoms with Gasteiger partial charge in [0.15, 0.2) is 0 Å². The van der Waals surface area contributed by atoms with Gasteiger partial charge >= 0.3 is 6.18 Å². The van der Waals surface area contributed by atoms with Gasteiger partial charge in [0.1, 0.15) is 30.1 Å². The molecule has 1 N–H and O–H groups in total. The SMILES string of the molecule is CO[n+]1cccc(NC(=O)c2ccc(C(F)(F)F)cc2Oc2ccc(F)cc2C)c1. The zero-order valence-electron chi connectivity index (χ0n) is 16.0. The average molecular weight is 421 g/mol. The highest BCUT2D eigenvalue weighted by atomic mass is 19.4. The second-order valence-corrected chi connectivity index (χ2v) is 6.31. The summed E-state index contributed by atoms with van der Waals surface area (Å²) in [5.41, 5.74) is -0.388. The monoisotopic (exact) mass is 421 g/mol. The molecule has 0 aliphatic rings. The normalized spacial score (nSPS) is 11.1. The highest BCUT2D eigenvalue weighted by Crippen LogP contribution is 2.36. The van der Waals surface area contributed by atoms with Crippen molar-refractivity contribution in [3.8, 4) is 11.5 Å². The largest absolute Gasteiger partial charge is 0.456 e. The fraction of sp³-hybridized carbons (Fsp3) is 0.143. The number of anilines is 1. The number of nitrogens with zero attached hydrogens (tertiary/aromatic N) is 1. The minimum Gasteiger partial charge on any atom is -0.456 e. The standard InChI is InChI=1S/C21H16F4N2O3/c1-13-10-15(22)6-8-18(13)30-19-11-14(21(23,24)25)5-7-17(19)20(28)26-16-4-3-9-27(12-16)29-2/h3-12H,1-2H3/p+1. The average Bonchev–Trinajstić information content (AvgIpc) is 2.69. The zero-order valence-corrected chi connectivity index (χ0v) is 16.0. The van der Waals surface area contributed by atoms with Crippen molar-refractivity contribution in [3.63, 3.8) is 0 Å². The van der Waals surface area contributed by atoms with E-state index in [9.17, 15) is 22.4 Å². The number of rotatable bonds is 5. The van der Waals surface area contributed by atoms with Crippen LogP contribution in [0.15, 0.2) is 60.9 Å². The Bertz CT molecular complexity index is 1080. The van der Waals surface area contributed by atoms with Crippen LogP contribution in [0.3, 0.4) is 0 Å². The lowest BCUT2D eigenvalue weighted by Crippen LogP contribution is -2.39. The number of hydrogen-bond acceptors (Lipinski definition) is 3. The summed E-state index contributed by atoms with van der Waals surface area (Å²) in [5, 5.41) is 2.58. The Morgan fingerprint density at radius 1 is 1.07 bits per heavy atom. The summed E-state index contributed by atoms with van der Waals surface area (Å²) >= 11 is 0. The van der Waals surface area contributed by atoms with Crippen LogP contribution in [0.2, 0.25) is 0 Å². The number of halogens is 4. The van der Waals surface area contributed by atoms with E-state index in [1.165, 1.54) is 30.2 Å². The van der Waals surface area contributed by atoms with Gasteiger partial charge in [0, 0.05) is 10.8 Å². The number of pyridine rings is 1. The van der Waals surface area contributed by atoms with Crippen LogP contribution in [-0.2, 0) is 6.18 Å².